The molecule has 0 aliphatic heterocycles. The smallest absolute Gasteiger partial charge is 0.340 e. The van der Waals surface area contributed by atoms with E-state index < -0.39 is 23.5 Å². The van der Waals surface area contributed by atoms with Crippen LogP contribution in [0.5, 0.6) is 0 Å². The van der Waals surface area contributed by atoms with Crippen LogP contribution in [0.4, 0.5) is 37.8 Å². The summed E-state index contributed by atoms with van der Waals surface area (Å²) in [4.78, 5) is 16.0. The van der Waals surface area contributed by atoms with Crippen LogP contribution >= 0.6 is 0 Å². The summed E-state index contributed by atoms with van der Waals surface area (Å²) in [5.74, 6) is 0.851. The second-order valence-corrected chi connectivity index (χ2v) is 11.5. The van der Waals surface area contributed by atoms with Gasteiger partial charge in [0.25, 0.3) is 0 Å². The van der Waals surface area contributed by atoms with Gasteiger partial charge >= 0.3 is 12.4 Å². The second-order valence-electron chi connectivity index (χ2n) is 11.5. The number of halogens is 6. The van der Waals surface area contributed by atoms with Crippen LogP contribution < -0.4 is 5.32 Å². The van der Waals surface area contributed by atoms with E-state index in [2.05, 4.69) is 29.0 Å². The predicted octanol–water partition coefficient (Wildman–Crippen LogP) is 10.5. The highest BCUT2D eigenvalue weighted by Gasteiger charge is 2.34. The number of pyridine rings is 1. The average molecular weight is 646 g/mol. The third kappa shape index (κ3) is 9.88. The van der Waals surface area contributed by atoms with Gasteiger partial charge in [0.15, 0.2) is 0 Å². The normalized spacial score (nSPS) is 12.3. The van der Waals surface area contributed by atoms with Crippen molar-refractivity contribution >= 4 is 22.4 Å². The molecule has 0 atom stereocenters. The van der Waals surface area contributed by atoms with Crippen LogP contribution in [0.3, 0.4) is 0 Å². The Morgan fingerprint density at radius 3 is 2.00 bits per heavy atom. The Kier molecular flexibility index (Phi) is 12.4. The molecule has 0 saturated heterocycles. The highest BCUT2D eigenvalue weighted by molar-refractivity contribution is 5.93. The molecule has 2 heterocycles. The van der Waals surface area contributed by atoms with Crippen molar-refractivity contribution in [3.63, 3.8) is 0 Å². The fourth-order valence-corrected chi connectivity index (χ4v) is 5.39. The molecule has 46 heavy (non-hydrogen) atoms. The third-order valence-electron chi connectivity index (χ3n) is 7.91. The van der Waals surface area contributed by atoms with Crippen LogP contribution in [0.15, 0.2) is 60.8 Å². The number of benzene rings is 2. The molecule has 0 amide bonds. The van der Waals surface area contributed by atoms with Gasteiger partial charge in [0.1, 0.15) is 11.6 Å². The molecule has 0 radical (unpaired) electrons. The molecule has 4 aromatic rings. The van der Waals surface area contributed by atoms with E-state index >= 15 is 0 Å². The summed E-state index contributed by atoms with van der Waals surface area (Å²) in [6, 6.07) is 11.5. The van der Waals surface area contributed by atoms with Crippen molar-refractivity contribution in [1.82, 2.24) is 19.9 Å². The molecule has 0 spiro atoms. The molecule has 0 saturated carbocycles. The van der Waals surface area contributed by atoms with Gasteiger partial charge in [-0.05, 0) is 74.5 Å². The van der Waals surface area contributed by atoms with E-state index in [4.69, 9.17) is 9.97 Å². The lowest BCUT2D eigenvalue weighted by Gasteiger charge is -2.22. The first-order valence-corrected chi connectivity index (χ1v) is 16.0. The summed E-state index contributed by atoms with van der Waals surface area (Å²) in [6.07, 6.45) is 1.93. The van der Waals surface area contributed by atoms with Gasteiger partial charge in [-0.2, -0.15) is 26.3 Å². The first kappa shape index (κ1) is 35.1. The number of aromatic nitrogens is 3. The van der Waals surface area contributed by atoms with Crippen molar-refractivity contribution in [2.45, 2.75) is 84.0 Å². The monoisotopic (exact) mass is 645 g/mol. The van der Waals surface area contributed by atoms with E-state index in [0.717, 1.165) is 69.8 Å². The Morgan fingerprint density at radius 1 is 0.717 bits per heavy atom. The fourth-order valence-electron chi connectivity index (χ4n) is 5.39. The summed E-state index contributed by atoms with van der Waals surface area (Å²) < 4.78 is 80.9. The van der Waals surface area contributed by atoms with Crippen LogP contribution in [0.25, 0.3) is 22.2 Å². The number of anilines is 2. The van der Waals surface area contributed by atoms with Gasteiger partial charge < -0.3 is 10.2 Å². The van der Waals surface area contributed by atoms with Crippen LogP contribution in [0, 0.1) is 0 Å². The van der Waals surface area contributed by atoms with Crippen molar-refractivity contribution in [3.05, 3.63) is 77.7 Å². The number of nitrogens with one attached hydrogen (secondary N) is 1. The van der Waals surface area contributed by atoms with Gasteiger partial charge in [-0.15, -0.1) is 0 Å². The van der Waals surface area contributed by atoms with Gasteiger partial charge in [-0.3, -0.25) is 4.98 Å². The van der Waals surface area contributed by atoms with E-state index in [9.17, 15) is 26.3 Å². The number of unbranched alkanes of at least 4 members (excludes halogenated alkanes) is 6. The number of alkyl halides is 6. The molecule has 0 aliphatic rings. The maximum absolute atomic E-state index is 13.8. The topological polar surface area (TPSA) is 53.9 Å². The standard InChI is InChI=1S/C35H41F6N5/c1-3-5-7-9-21-46(22-10-8-6-4-2)23-19-31-44-30-24-25(32-29(35(39,40)41)12-11-20-42-32)13-18-28(30)33(45-31)43-27-16-14-26(15-17-27)34(36,37)38/h11-18,20,24H,3-10,19,21-23H2,1-2H3,(H,43,44,45). The zero-order chi connectivity index (χ0) is 33.2. The van der Waals surface area contributed by atoms with E-state index in [-0.39, 0.29) is 11.3 Å². The Bertz CT molecular complexity index is 1520. The van der Waals surface area contributed by atoms with Crippen LogP contribution in [-0.2, 0) is 18.8 Å². The quantitative estimate of drug-likeness (QED) is 0.0971. The van der Waals surface area contributed by atoms with E-state index in [1.54, 1.807) is 12.1 Å². The zero-order valence-corrected chi connectivity index (χ0v) is 26.3. The lowest BCUT2D eigenvalue weighted by atomic mass is 10.0. The average Bonchev–Trinajstić information content (AvgIpc) is 3.02. The predicted molar refractivity (Wildman–Crippen MR) is 171 cm³/mol. The summed E-state index contributed by atoms with van der Waals surface area (Å²) in [5, 5.41) is 3.64. The first-order valence-electron chi connectivity index (χ1n) is 16.0. The van der Waals surface area contributed by atoms with Gasteiger partial charge in [-0.1, -0.05) is 58.4 Å². The first-order chi connectivity index (χ1) is 22.0. The van der Waals surface area contributed by atoms with Crippen molar-refractivity contribution in [3.8, 4) is 11.3 Å². The van der Waals surface area contributed by atoms with Crippen LogP contribution in [-0.4, -0.2) is 39.5 Å². The number of nitrogens with zero attached hydrogens (tertiary/aromatic N) is 4. The second kappa shape index (κ2) is 16.2. The van der Waals surface area contributed by atoms with E-state index in [1.807, 2.05) is 0 Å². The summed E-state index contributed by atoms with van der Waals surface area (Å²) in [7, 11) is 0. The molecule has 1 N–H and O–H groups in total. The van der Waals surface area contributed by atoms with Gasteiger partial charge in [0.2, 0.25) is 0 Å². The molecule has 11 heteroatoms. The van der Waals surface area contributed by atoms with Crippen molar-refractivity contribution < 1.29 is 26.3 Å². The SMILES string of the molecule is CCCCCCN(CCCCCC)CCc1nc(Nc2ccc(C(F)(F)F)cc2)c2ccc(-c3ncccc3C(F)(F)F)cc2n1. The molecule has 0 aliphatic carbocycles. The molecular formula is C35H41F6N5. The molecule has 0 unspecified atom stereocenters. The Hall–Kier alpha value is -3.73. The molecule has 0 fully saturated rings. The maximum atomic E-state index is 13.8. The molecule has 0 bridgehead atoms. The fraction of sp³-hybridized carbons (Fsp3) is 0.457. The molecule has 4 rings (SSSR count). The zero-order valence-electron chi connectivity index (χ0n) is 26.3. The van der Waals surface area contributed by atoms with Gasteiger partial charge in [-0.25, -0.2) is 9.97 Å². The van der Waals surface area contributed by atoms with Gasteiger partial charge in [0.05, 0.1) is 22.3 Å². The lowest BCUT2D eigenvalue weighted by Crippen LogP contribution is -2.29. The largest absolute Gasteiger partial charge is 0.418 e. The van der Waals surface area contributed by atoms with Gasteiger partial charge in [0, 0.05) is 35.8 Å². The Labute approximate surface area is 266 Å². The van der Waals surface area contributed by atoms with Crippen molar-refractivity contribution in [2.24, 2.45) is 0 Å². The summed E-state index contributed by atoms with van der Waals surface area (Å²) >= 11 is 0. The minimum atomic E-state index is -4.59. The van der Waals surface area contributed by atoms with Crippen LogP contribution in [0.2, 0.25) is 0 Å². The van der Waals surface area contributed by atoms with E-state index in [1.165, 1.54) is 43.3 Å². The molecule has 2 aromatic heterocycles. The minimum absolute atomic E-state index is 0.209. The number of hydrogen-bond acceptors (Lipinski definition) is 5. The highest BCUT2D eigenvalue weighted by atomic mass is 19.4. The maximum Gasteiger partial charge on any atom is 0.418 e. The summed E-state index contributed by atoms with van der Waals surface area (Å²) in [6.45, 7) is 6.99. The van der Waals surface area contributed by atoms with Crippen molar-refractivity contribution in [1.29, 1.82) is 0 Å². The van der Waals surface area contributed by atoms with E-state index in [0.29, 0.717) is 41.2 Å². The minimum Gasteiger partial charge on any atom is -0.340 e. The number of fused-ring (bicyclic) bond motifs is 1. The molecule has 248 valence electrons. The Morgan fingerprint density at radius 2 is 1.39 bits per heavy atom. The number of rotatable bonds is 16. The lowest BCUT2D eigenvalue weighted by molar-refractivity contribution is -0.138. The highest BCUT2D eigenvalue weighted by Crippen LogP contribution is 2.37. The van der Waals surface area contributed by atoms with Crippen LogP contribution in [0.1, 0.15) is 82.2 Å². The molecule has 2 aromatic carbocycles. The van der Waals surface area contributed by atoms with Crippen molar-refractivity contribution in [2.75, 3.05) is 25.0 Å². The summed E-state index contributed by atoms with van der Waals surface area (Å²) in [5.41, 5.74) is -0.786. The molecule has 5 nitrogen and oxygen atoms in total. The Balaban J connectivity index is 1.68. The molecular weight excluding hydrogens is 604 g/mol. The number of hydrogen-bond donors (Lipinski definition) is 1. The third-order valence-corrected chi connectivity index (χ3v) is 7.91.